The summed E-state index contributed by atoms with van der Waals surface area (Å²) in [5.41, 5.74) is 0.766. The quantitative estimate of drug-likeness (QED) is 0.727. The summed E-state index contributed by atoms with van der Waals surface area (Å²) in [7, 11) is 0. The normalized spacial score (nSPS) is 9.60. The van der Waals surface area contributed by atoms with Gasteiger partial charge in [-0.1, -0.05) is 12.1 Å². The van der Waals surface area contributed by atoms with Crippen LogP contribution in [0.2, 0.25) is 0 Å². The molecular formula is C14H16FN3O2. The zero-order valence-electron chi connectivity index (χ0n) is 11.0. The van der Waals surface area contributed by atoms with Gasteiger partial charge in [0.05, 0.1) is 6.07 Å². The van der Waals surface area contributed by atoms with Crippen LogP contribution in [0.15, 0.2) is 24.3 Å². The predicted molar refractivity (Wildman–Crippen MR) is 71.0 cm³/mol. The zero-order chi connectivity index (χ0) is 14.8. The minimum atomic E-state index is -0.360. The average Bonchev–Trinajstić information content (AvgIpc) is 2.42. The average molecular weight is 277 g/mol. The highest BCUT2D eigenvalue weighted by molar-refractivity contribution is 5.78. The minimum absolute atomic E-state index is 0.163. The molecule has 0 aliphatic heterocycles. The van der Waals surface area contributed by atoms with Gasteiger partial charge in [-0.15, -0.1) is 0 Å². The molecule has 0 aliphatic carbocycles. The Morgan fingerprint density at radius 2 is 1.90 bits per heavy atom. The molecular weight excluding hydrogens is 261 g/mol. The molecule has 20 heavy (non-hydrogen) atoms. The van der Waals surface area contributed by atoms with Crippen LogP contribution in [0.5, 0.6) is 0 Å². The number of amides is 2. The molecule has 0 aromatic heterocycles. The van der Waals surface area contributed by atoms with Crippen LogP contribution in [0.4, 0.5) is 4.39 Å². The summed E-state index contributed by atoms with van der Waals surface area (Å²) in [6, 6.07) is 7.85. The number of carbonyl (C=O) groups excluding carboxylic acids is 2. The number of hydrogen-bond donors (Lipinski definition) is 2. The highest BCUT2D eigenvalue weighted by Gasteiger charge is 2.03. The minimum Gasteiger partial charge on any atom is -0.354 e. The van der Waals surface area contributed by atoms with E-state index in [1.54, 1.807) is 18.2 Å². The molecule has 0 spiro atoms. The first kappa shape index (κ1) is 15.6. The molecule has 2 N–H and O–H groups in total. The van der Waals surface area contributed by atoms with Gasteiger partial charge in [-0.2, -0.15) is 5.26 Å². The molecule has 0 unspecified atom stereocenters. The van der Waals surface area contributed by atoms with E-state index in [0.29, 0.717) is 13.0 Å². The van der Waals surface area contributed by atoms with Gasteiger partial charge in [0.2, 0.25) is 11.8 Å². The van der Waals surface area contributed by atoms with E-state index < -0.39 is 0 Å². The van der Waals surface area contributed by atoms with Gasteiger partial charge < -0.3 is 10.6 Å². The van der Waals surface area contributed by atoms with Crippen molar-refractivity contribution >= 4 is 11.8 Å². The van der Waals surface area contributed by atoms with Crippen LogP contribution >= 0.6 is 0 Å². The Kier molecular flexibility index (Phi) is 6.76. The topological polar surface area (TPSA) is 82.0 Å². The summed E-state index contributed by atoms with van der Waals surface area (Å²) in [5.74, 6) is -0.839. The predicted octanol–water partition coefficient (Wildman–Crippen LogP) is 0.904. The summed E-state index contributed by atoms with van der Waals surface area (Å²) in [5, 5.41) is 13.4. The van der Waals surface area contributed by atoms with E-state index >= 15 is 0 Å². The van der Waals surface area contributed by atoms with E-state index in [9.17, 15) is 14.0 Å². The van der Waals surface area contributed by atoms with Crippen LogP contribution in [-0.4, -0.2) is 24.9 Å². The monoisotopic (exact) mass is 277 g/mol. The van der Waals surface area contributed by atoms with Crippen LogP contribution in [0.1, 0.15) is 18.4 Å². The largest absolute Gasteiger partial charge is 0.354 e. The number of halogens is 1. The summed E-state index contributed by atoms with van der Waals surface area (Å²) in [4.78, 5) is 22.5. The van der Waals surface area contributed by atoms with Gasteiger partial charge in [-0.25, -0.2) is 4.39 Å². The van der Waals surface area contributed by atoms with Gasteiger partial charge in [0.1, 0.15) is 12.2 Å². The Balaban J connectivity index is 2.15. The Bertz CT molecular complexity index is 511. The molecule has 0 saturated carbocycles. The van der Waals surface area contributed by atoms with E-state index in [0.717, 1.165) is 5.56 Å². The van der Waals surface area contributed by atoms with E-state index in [1.807, 2.05) is 0 Å². The lowest BCUT2D eigenvalue weighted by Gasteiger charge is -2.06. The maximum atomic E-state index is 12.9. The molecule has 106 valence electrons. The number of nitrogens with zero attached hydrogens (tertiary/aromatic N) is 1. The summed E-state index contributed by atoms with van der Waals surface area (Å²) in [6.07, 6.45) is 0.535. The third-order valence-electron chi connectivity index (χ3n) is 2.54. The lowest BCUT2D eigenvalue weighted by atomic mass is 10.1. The summed E-state index contributed by atoms with van der Waals surface area (Å²) in [6.45, 7) is 0.589. The van der Waals surface area contributed by atoms with Gasteiger partial charge in [0, 0.05) is 19.5 Å². The molecule has 6 heteroatoms. The number of rotatable bonds is 7. The summed E-state index contributed by atoms with van der Waals surface area (Å²) >= 11 is 0. The van der Waals surface area contributed by atoms with Crippen LogP contribution in [-0.2, 0) is 16.0 Å². The third kappa shape index (κ3) is 6.50. The van der Waals surface area contributed by atoms with Gasteiger partial charge >= 0.3 is 0 Å². The third-order valence-corrected chi connectivity index (χ3v) is 2.54. The fraction of sp³-hybridized carbons (Fsp3) is 0.357. The van der Waals surface area contributed by atoms with E-state index in [-0.39, 0.29) is 37.0 Å². The first-order chi connectivity index (χ1) is 9.61. The van der Waals surface area contributed by atoms with Crippen molar-refractivity contribution in [2.45, 2.75) is 19.3 Å². The molecule has 0 fully saturated rings. The zero-order valence-corrected chi connectivity index (χ0v) is 11.0. The fourth-order valence-electron chi connectivity index (χ4n) is 1.58. The second-order valence-corrected chi connectivity index (χ2v) is 4.16. The van der Waals surface area contributed by atoms with Crippen LogP contribution in [0.25, 0.3) is 0 Å². The first-order valence-corrected chi connectivity index (χ1v) is 6.26. The number of nitrogens with one attached hydrogen (secondary N) is 2. The Morgan fingerprint density at radius 3 is 2.55 bits per heavy atom. The SMILES string of the molecule is N#CCC(=O)NCCNC(=O)CCc1cccc(F)c1. The molecule has 0 heterocycles. The van der Waals surface area contributed by atoms with Crippen molar-refractivity contribution in [3.63, 3.8) is 0 Å². The number of benzene rings is 1. The first-order valence-electron chi connectivity index (χ1n) is 6.26. The summed E-state index contributed by atoms with van der Waals surface area (Å²) < 4.78 is 12.9. The highest BCUT2D eigenvalue weighted by Crippen LogP contribution is 2.05. The van der Waals surface area contributed by atoms with Crippen molar-refractivity contribution in [3.05, 3.63) is 35.6 Å². The Morgan fingerprint density at radius 1 is 1.20 bits per heavy atom. The van der Waals surface area contributed by atoms with E-state index in [1.165, 1.54) is 12.1 Å². The smallest absolute Gasteiger partial charge is 0.234 e. The van der Waals surface area contributed by atoms with Crippen molar-refractivity contribution in [1.29, 1.82) is 5.26 Å². The van der Waals surface area contributed by atoms with Crippen LogP contribution < -0.4 is 10.6 Å². The van der Waals surface area contributed by atoms with Crippen molar-refractivity contribution in [1.82, 2.24) is 10.6 Å². The molecule has 2 amide bonds. The van der Waals surface area contributed by atoms with E-state index in [2.05, 4.69) is 10.6 Å². The number of aryl methyl sites for hydroxylation is 1. The van der Waals surface area contributed by atoms with Crippen molar-refractivity contribution in [3.8, 4) is 6.07 Å². The second kappa shape index (κ2) is 8.64. The van der Waals surface area contributed by atoms with E-state index in [4.69, 9.17) is 5.26 Å². The molecule has 0 saturated heterocycles. The molecule has 0 aliphatic rings. The van der Waals surface area contributed by atoms with Gasteiger partial charge in [-0.3, -0.25) is 9.59 Å². The van der Waals surface area contributed by atoms with Crippen LogP contribution in [0.3, 0.4) is 0 Å². The van der Waals surface area contributed by atoms with Crippen molar-refractivity contribution < 1.29 is 14.0 Å². The number of hydrogen-bond acceptors (Lipinski definition) is 3. The Labute approximate surface area is 116 Å². The van der Waals surface area contributed by atoms with Crippen molar-refractivity contribution in [2.75, 3.05) is 13.1 Å². The number of carbonyl (C=O) groups is 2. The highest BCUT2D eigenvalue weighted by atomic mass is 19.1. The van der Waals surface area contributed by atoms with Crippen LogP contribution in [0, 0.1) is 17.1 Å². The molecule has 0 radical (unpaired) electrons. The molecule has 1 rings (SSSR count). The number of nitriles is 1. The lowest BCUT2D eigenvalue weighted by Crippen LogP contribution is -2.34. The molecule has 0 bridgehead atoms. The maximum Gasteiger partial charge on any atom is 0.234 e. The molecule has 1 aromatic rings. The van der Waals surface area contributed by atoms with Gasteiger partial charge in [-0.05, 0) is 24.1 Å². The fourth-order valence-corrected chi connectivity index (χ4v) is 1.58. The standard InChI is InChI=1S/C14H16FN3O2/c15-12-3-1-2-11(10-12)4-5-13(19)17-8-9-18-14(20)6-7-16/h1-3,10H,4-6,8-9H2,(H,17,19)(H,18,20). The molecule has 0 atom stereocenters. The maximum absolute atomic E-state index is 12.9. The van der Waals surface area contributed by atoms with Crippen molar-refractivity contribution in [2.24, 2.45) is 0 Å². The van der Waals surface area contributed by atoms with Gasteiger partial charge in [0.25, 0.3) is 0 Å². The van der Waals surface area contributed by atoms with Gasteiger partial charge in [0.15, 0.2) is 0 Å². The second-order valence-electron chi connectivity index (χ2n) is 4.16. The molecule has 1 aromatic carbocycles. The Hall–Kier alpha value is -2.42. The lowest BCUT2D eigenvalue weighted by molar-refractivity contribution is -0.122. The molecule has 5 nitrogen and oxygen atoms in total.